The minimum atomic E-state index is -0.649. The maximum absolute atomic E-state index is 11.4. The highest BCUT2D eigenvalue weighted by Gasteiger charge is 2.39. The second-order valence-electron chi connectivity index (χ2n) is 24.8. The molecule has 9 N–H and O–H groups in total. The van der Waals surface area contributed by atoms with Crippen molar-refractivity contribution in [2.75, 3.05) is 312 Å². The number of nitrogens with two attached hydrogens (primary N) is 2. The third kappa shape index (κ3) is 120. The fourth-order valence-corrected chi connectivity index (χ4v) is 10.4. The number of carbonyl (C=O) groups excluding carboxylic acids is 5. The number of hydrogen-bond donors (Lipinski definition) is 20. The summed E-state index contributed by atoms with van der Waals surface area (Å²) in [4.78, 5) is 55.4. The second-order valence-corrected chi connectivity index (χ2v) is 30.6. The van der Waals surface area contributed by atoms with Gasteiger partial charge in [0, 0.05) is 132 Å². The van der Waals surface area contributed by atoms with Crippen molar-refractivity contribution in [2.24, 2.45) is 11.5 Å². The quantitative estimate of drug-likeness (QED) is 0.0204. The van der Waals surface area contributed by atoms with Crippen molar-refractivity contribution in [3.63, 3.8) is 0 Å². The van der Waals surface area contributed by atoms with E-state index in [0.717, 1.165) is 173 Å². The first-order valence-electron chi connectivity index (χ1n) is 41.8. The Morgan fingerprint density at radius 1 is 0.281 bits per heavy atom. The minimum absolute atomic E-state index is 0. The number of nitrogens with one attached hydrogen (secondary N) is 5. The van der Waals surface area contributed by atoms with E-state index in [0.29, 0.717) is 229 Å². The van der Waals surface area contributed by atoms with Crippen molar-refractivity contribution in [3.8, 4) is 0 Å². The maximum atomic E-state index is 11.4. The topological polar surface area (TPSA) is 354 Å². The van der Waals surface area contributed by atoms with Crippen molar-refractivity contribution < 1.29 is 104 Å². The van der Waals surface area contributed by atoms with Crippen LogP contribution in [0.25, 0.3) is 0 Å². The highest BCUT2D eigenvalue weighted by atomic mass is 35.5. The average molecular weight is 2030 g/mol. The van der Waals surface area contributed by atoms with Crippen LogP contribution in [-0.2, 0) is 104 Å². The lowest BCUT2D eigenvalue weighted by Crippen LogP contribution is -2.53. The summed E-state index contributed by atoms with van der Waals surface area (Å²) in [6.07, 6.45) is 10.2. The Balaban J connectivity index is -0.000000255. The third-order valence-corrected chi connectivity index (χ3v) is 18.4. The van der Waals surface area contributed by atoms with Gasteiger partial charge in [-0.25, -0.2) is 0 Å². The Labute approximate surface area is 813 Å². The van der Waals surface area contributed by atoms with Crippen LogP contribution in [0.3, 0.4) is 0 Å². The number of thiol groups is 13. The summed E-state index contributed by atoms with van der Waals surface area (Å²) in [7, 11) is 0. The Kier molecular flexibility index (Phi) is 144. The number of ether oxygens (including phenoxy) is 17. The Morgan fingerprint density at radius 3 is 0.777 bits per heavy atom. The van der Waals surface area contributed by atoms with Gasteiger partial charge in [-0.3, -0.25) is 24.0 Å². The van der Waals surface area contributed by atoms with E-state index in [1.807, 2.05) is 6.92 Å². The molecule has 0 aromatic rings. The lowest BCUT2D eigenvalue weighted by Gasteiger charge is -2.37. The smallest absolute Gasteiger partial charge is 0.242 e. The molecule has 29 nitrogen and oxygen atoms in total. The van der Waals surface area contributed by atoms with Crippen LogP contribution in [0.1, 0.15) is 117 Å². The van der Waals surface area contributed by atoms with Crippen molar-refractivity contribution >= 4 is 219 Å². The van der Waals surface area contributed by atoms with Gasteiger partial charge >= 0.3 is 0 Å². The van der Waals surface area contributed by atoms with Gasteiger partial charge in [-0.2, -0.15) is 164 Å². The van der Waals surface area contributed by atoms with E-state index < -0.39 is 30.5 Å². The summed E-state index contributed by atoms with van der Waals surface area (Å²) in [5, 5.41) is 13.3. The molecule has 0 aromatic heterocycles. The fourth-order valence-electron chi connectivity index (χ4n) is 8.52. The first kappa shape index (κ1) is 138. The van der Waals surface area contributed by atoms with Crippen LogP contribution < -0.4 is 38.1 Å². The number of rotatable bonds is 86. The van der Waals surface area contributed by atoms with Crippen LogP contribution in [0.4, 0.5) is 0 Å². The van der Waals surface area contributed by atoms with E-state index in [1.165, 1.54) is 6.92 Å². The van der Waals surface area contributed by atoms with Gasteiger partial charge in [-0.15, -0.1) is 24.8 Å². The van der Waals surface area contributed by atoms with Gasteiger partial charge < -0.3 is 119 Å². The molecule has 0 aliphatic heterocycles. The second kappa shape index (κ2) is 126. The highest BCUT2D eigenvalue weighted by molar-refractivity contribution is 7.82. The first-order valence-corrected chi connectivity index (χ1v) is 50.0. The van der Waals surface area contributed by atoms with Crippen LogP contribution in [0.15, 0.2) is 0 Å². The molecule has 0 radical (unpaired) electrons. The van der Waals surface area contributed by atoms with Gasteiger partial charge in [-0.05, 0) is 165 Å². The zero-order valence-corrected chi connectivity index (χ0v) is 85.9. The standard InChI is InChI=1S/C36H74O12S6.C12H24N2O3S2.C8H17N3O2S.C8H18O2S2.C7H16O2S.C6H14N2OS.2ClH/c49-25-1-7-37-13-15-43-31-33(45-21-17-39-9-3-27-51)35(47-23-19-41-11-5-29-53)36(48-24-20-42-12-6-30-54)34(46-22-18-40-10-4-28-52)32-44-16-14-38-8-2-26-50;15-11(3-1-9-18)13-5-7-17-8-6-14-12(16)4-2-10-19;1-6(12)11-7(2-5-14)8(13)10-4-3-9;11-7-1-3-9-5-6-10-4-2-8-12;1-2-8-5-6-9-4-3-7-10;7-3-4-8-6(9)2-1-5-10;;/h33-36,49-54H,1-32H2;18-19H,1-10H2,(H,13,15)(H,14,16);7,14H,2-5,9H2,1H3,(H,10,13)(H,11,12);11-12H,1-8H2;10H,2-7H2,1H3;10H,1-5,7H2,(H,8,9);2*1H. The zero-order chi connectivity index (χ0) is 89.3. The molecule has 0 saturated heterocycles. The van der Waals surface area contributed by atoms with Crippen molar-refractivity contribution in [2.45, 2.75) is 147 Å². The van der Waals surface area contributed by atoms with Crippen LogP contribution in [0, 0.1) is 0 Å². The molecular formula is C77H165Cl2N7O22S13. The van der Waals surface area contributed by atoms with Crippen LogP contribution in [0.5, 0.6) is 0 Å². The first-order chi connectivity index (χ1) is 58.1. The molecule has 44 heteroatoms. The summed E-state index contributed by atoms with van der Waals surface area (Å²) in [5.41, 5.74) is 10.4. The molecule has 0 heterocycles. The Morgan fingerprint density at radius 2 is 0.521 bits per heavy atom. The van der Waals surface area contributed by atoms with Gasteiger partial charge in [0.1, 0.15) is 30.5 Å². The average Bonchev–Trinajstić information content (AvgIpc) is 0.841. The van der Waals surface area contributed by atoms with Crippen molar-refractivity contribution in [1.82, 2.24) is 26.6 Å². The molecule has 0 fully saturated rings. The summed E-state index contributed by atoms with van der Waals surface area (Å²) < 4.78 is 99.3. The predicted molar refractivity (Wildman–Crippen MR) is 541 cm³/mol. The monoisotopic (exact) mass is 2030 g/mol. The summed E-state index contributed by atoms with van der Waals surface area (Å²) >= 11 is 54.0. The van der Waals surface area contributed by atoms with Gasteiger partial charge in [-0.1, -0.05) is 0 Å². The van der Waals surface area contributed by atoms with E-state index in [2.05, 4.69) is 191 Å². The number of amides is 5. The van der Waals surface area contributed by atoms with Crippen LogP contribution >= 0.6 is 189 Å². The van der Waals surface area contributed by atoms with E-state index >= 15 is 0 Å². The summed E-state index contributed by atoms with van der Waals surface area (Å²) in [6.45, 7) is 21.6. The molecule has 121 heavy (non-hydrogen) atoms. The highest BCUT2D eigenvalue weighted by Crippen LogP contribution is 2.21. The van der Waals surface area contributed by atoms with Crippen molar-refractivity contribution in [3.05, 3.63) is 0 Å². The van der Waals surface area contributed by atoms with Crippen molar-refractivity contribution in [1.29, 1.82) is 0 Å². The molecular weight excluding hydrogens is 1860 g/mol. The molecule has 732 valence electrons. The van der Waals surface area contributed by atoms with Gasteiger partial charge in [0.25, 0.3) is 0 Å². The van der Waals surface area contributed by atoms with Gasteiger partial charge in [0.05, 0.1) is 132 Å². The molecule has 0 aromatic carbocycles. The SMILES string of the molecule is CC(=O)NC(CCS)C(=O)NCCN.CCOCCOCCCS.Cl.Cl.NCCNC(=O)CCCS.O=C(CCCS)NCCOCCNC(=O)CCCS.SCCCOCCOCC(OCCOCCCS)C(OCCOCCCS)C(OCCOCCCS)C(COCCOCCCS)OCCOCCCS.SCCCOCCOCCCS. The Bertz CT molecular complexity index is 1920. The van der Waals surface area contributed by atoms with Gasteiger partial charge in [0.15, 0.2) is 0 Å². The lowest BCUT2D eigenvalue weighted by molar-refractivity contribution is -0.206. The Hall–Kier alpha value is 1.72. The normalized spacial score (nSPS) is 11.9. The lowest BCUT2D eigenvalue weighted by atomic mass is 10.0. The summed E-state index contributed by atoms with van der Waals surface area (Å²) in [5.74, 6) is 9.64. The van der Waals surface area contributed by atoms with E-state index in [4.69, 9.17) is 92.0 Å². The molecule has 0 bridgehead atoms. The maximum Gasteiger partial charge on any atom is 0.242 e. The number of hydrogen-bond acceptors (Lipinski definition) is 37. The third-order valence-electron chi connectivity index (χ3n) is 14.4. The van der Waals surface area contributed by atoms with Crippen LogP contribution in [0.2, 0.25) is 0 Å². The zero-order valence-electron chi connectivity index (χ0n) is 72.6. The van der Waals surface area contributed by atoms with Gasteiger partial charge in [0.2, 0.25) is 29.5 Å². The molecule has 5 amide bonds. The molecule has 5 unspecified atom stereocenters. The van der Waals surface area contributed by atoms with E-state index in [9.17, 15) is 24.0 Å². The molecule has 0 rings (SSSR count). The minimum Gasteiger partial charge on any atom is -0.379 e. The number of halogens is 2. The number of carbonyl (C=O) groups is 5. The summed E-state index contributed by atoms with van der Waals surface area (Å²) in [6, 6.07) is -0.503. The molecule has 0 spiro atoms. The molecule has 0 aliphatic rings. The van der Waals surface area contributed by atoms with Crippen LogP contribution in [-0.4, -0.2) is 372 Å². The molecule has 5 atom stereocenters. The van der Waals surface area contributed by atoms with E-state index in [-0.39, 0.29) is 67.6 Å². The largest absolute Gasteiger partial charge is 0.379 e. The van der Waals surface area contributed by atoms with E-state index in [1.54, 1.807) is 0 Å². The molecule has 0 aliphatic carbocycles. The molecule has 0 saturated carbocycles. The predicted octanol–water partition coefficient (Wildman–Crippen LogP) is 7.75. The fraction of sp³-hybridized carbons (Fsp3) is 0.935.